The molecule has 0 saturated carbocycles. The van der Waals surface area contributed by atoms with Crippen molar-refractivity contribution in [3.8, 4) is 0 Å². The van der Waals surface area contributed by atoms with Crippen molar-refractivity contribution in [2.24, 2.45) is 0 Å². The maximum Gasteiger partial charge on any atom is 0.234 e. The van der Waals surface area contributed by atoms with Gasteiger partial charge in [-0.15, -0.1) is 0 Å². The molecular weight excluding hydrogens is 307 g/mol. The number of hydrogen-bond donors (Lipinski definition) is 0. The van der Waals surface area contributed by atoms with Gasteiger partial charge in [0.1, 0.15) is 0 Å². The van der Waals surface area contributed by atoms with E-state index >= 15 is 0 Å². The molecule has 0 heterocycles. The molecular formula is C7H3BrIO. The quantitative estimate of drug-likeness (QED) is 0.729. The highest BCUT2D eigenvalue weighted by Gasteiger charge is 1.97. The van der Waals surface area contributed by atoms with E-state index in [4.69, 9.17) is 0 Å². The highest BCUT2D eigenvalue weighted by Crippen LogP contribution is 2.16. The van der Waals surface area contributed by atoms with E-state index in [0.29, 0.717) is 5.56 Å². The fourth-order valence-electron chi connectivity index (χ4n) is 0.572. The van der Waals surface area contributed by atoms with Gasteiger partial charge in [0.15, 0.2) is 0 Å². The second kappa shape index (κ2) is 3.48. The summed E-state index contributed by atoms with van der Waals surface area (Å²) in [5, 5.41) is 0. The van der Waals surface area contributed by atoms with Crippen molar-refractivity contribution in [1.82, 2.24) is 0 Å². The maximum atomic E-state index is 10.2. The zero-order chi connectivity index (χ0) is 7.56. The summed E-state index contributed by atoms with van der Waals surface area (Å²) in [5.41, 5.74) is 0.615. The Labute approximate surface area is 81.1 Å². The normalized spacial score (nSPS) is 9.40. The van der Waals surface area contributed by atoms with E-state index in [2.05, 4.69) is 38.5 Å². The van der Waals surface area contributed by atoms with Crippen LogP contribution in [0.3, 0.4) is 0 Å². The van der Waals surface area contributed by atoms with E-state index < -0.39 is 0 Å². The standard InChI is InChI=1S/C7H3BrIO/c8-6-2-1-5(4-10)7(9)3-6/h1-3H. The van der Waals surface area contributed by atoms with Gasteiger partial charge in [0.25, 0.3) is 0 Å². The summed E-state index contributed by atoms with van der Waals surface area (Å²) in [6.07, 6.45) is 1.84. The lowest BCUT2D eigenvalue weighted by Crippen LogP contribution is -1.84. The molecule has 1 rings (SSSR count). The molecule has 0 spiro atoms. The molecule has 0 fully saturated rings. The minimum absolute atomic E-state index is 0.615. The topological polar surface area (TPSA) is 17.1 Å². The predicted molar refractivity (Wildman–Crippen MR) is 51.7 cm³/mol. The first-order valence-corrected chi connectivity index (χ1v) is 4.44. The summed E-state index contributed by atoms with van der Waals surface area (Å²) in [7, 11) is 0. The number of rotatable bonds is 1. The first-order valence-electron chi connectivity index (χ1n) is 2.57. The summed E-state index contributed by atoms with van der Waals surface area (Å²) in [4.78, 5) is 10.2. The highest BCUT2D eigenvalue weighted by molar-refractivity contribution is 14.1. The lowest BCUT2D eigenvalue weighted by atomic mass is 10.2. The fraction of sp³-hybridized carbons (Fsp3) is 0. The first-order chi connectivity index (χ1) is 4.74. The van der Waals surface area contributed by atoms with Crippen LogP contribution < -0.4 is 0 Å². The van der Waals surface area contributed by atoms with Gasteiger partial charge in [-0.05, 0) is 40.8 Å². The molecule has 0 N–H and O–H groups in total. The van der Waals surface area contributed by atoms with Gasteiger partial charge in [-0.3, -0.25) is 4.79 Å². The van der Waals surface area contributed by atoms with Gasteiger partial charge in [0.2, 0.25) is 6.29 Å². The van der Waals surface area contributed by atoms with E-state index in [1.165, 1.54) is 0 Å². The van der Waals surface area contributed by atoms with Crippen molar-refractivity contribution < 1.29 is 4.79 Å². The molecule has 51 valence electrons. The lowest BCUT2D eigenvalue weighted by molar-refractivity contribution is 0.562. The third-order valence-corrected chi connectivity index (χ3v) is 2.43. The van der Waals surface area contributed by atoms with Crippen LogP contribution in [0.5, 0.6) is 0 Å². The molecule has 0 aliphatic heterocycles. The monoisotopic (exact) mass is 309 g/mol. The molecule has 0 bridgehead atoms. The van der Waals surface area contributed by atoms with Gasteiger partial charge in [-0.25, -0.2) is 0 Å². The number of benzene rings is 1. The van der Waals surface area contributed by atoms with E-state index in [0.717, 1.165) is 8.04 Å². The van der Waals surface area contributed by atoms with Crippen LogP contribution in [0.15, 0.2) is 22.7 Å². The summed E-state index contributed by atoms with van der Waals surface area (Å²) >= 11 is 5.38. The van der Waals surface area contributed by atoms with E-state index in [1.807, 2.05) is 18.4 Å². The third kappa shape index (κ3) is 1.79. The van der Waals surface area contributed by atoms with Crippen LogP contribution in [0, 0.1) is 3.57 Å². The van der Waals surface area contributed by atoms with Gasteiger partial charge < -0.3 is 0 Å². The SMILES string of the molecule is O=[C]c1ccc(Br)cc1I. The summed E-state index contributed by atoms with van der Waals surface area (Å²) < 4.78 is 1.90. The second-order valence-corrected chi connectivity index (χ2v) is 3.80. The van der Waals surface area contributed by atoms with Crippen molar-refractivity contribution in [2.75, 3.05) is 0 Å². The number of carbonyl (C=O) groups excluding carboxylic acids is 1. The van der Waals surface area contributed by atoms with Gasteiger partial charge in [-0.1, -0.05) is 15.9 Å². The molecule has 1 nitrogen and oxygen atoms in total. The van der Waals surface area contributed by atoms with Gasteiger partial charge >= 0.3 is 0 Å². The van der Waals surface area contributed by atoms with Gasteiger partial charge in [-0.2, -0.15) is 0 Å². The zero-order valence-electron chi connectivity index (χ0n) is 4.90. The Kier molecular flexibility index (Phi) is 2.85. The summed E-state index contributed by atoms with van der Waals surface area (Å²) in [6, 6.07) is 5.43. The fourth-order valence-corrected chi connectivity index (χ4v) is 1.99. The third-order valence-electron chi connectivity index (χ3n) is 1.04. The van der Waals surface area contributed by atoms with Crippen LogP contribution in [0.25, 0.3) is 0 Å². The molecule has 10 heavy (non-hydrogen) atoms. The molecule has 1 aromatic rings. The van der Waals surface area contributed by atoms with Crippen molar-refractivity contribution in [1.29, 1.82) is 0 Å². The van der Waals surface area contributed by atoms with E-state index in [-0.39, 0.29) is 0 Å². The lowest BCUT2D eigenvalue weighted by Gasteiger charge is -1.93. The van der Waals surface area contributed by atoms with Crippen LogP contribution in [-0.2, 0) is 4.79 Å². The van der Waals surface area contributed by atoms with E-state index in [1.54, 1.807) is 6.07 Å². The Hall–Kier alpha value is 0.1000. The molecule has 0 amide bonds. The summed E-state index contributed by atoms with van der Waals surface area (Å²) in [5.74, 6) is 0. The smallest absolute Gasteiger partial charge is 0.234 e. The Balaban J connectivity index is 3.19. The average Bonchev–Trinajstić information content (AvgIpc) is 1.88. The average molecular weight is 310 g/mol. The molecule has 1 radical (unpaired) electrons. The minimum atomic E-state index is 0.615. The Morgan fingerprint density at radius 3 is 2.70 bits per heavy atom. The molecule has 0 aliphatic carbocycles. The van der Waals surface area contributed by atoms with Crippen molar-refractivity contribution in [3.05, 3.63) is 31.8 Å². The first kappa shape index (κ1) is 8.20. The van der Waals surface area contributed by atoms with Crippen LogP contribution in [0.4, 0.5) is 0 Å². The van der Waals surface area contributed by atoms with Crippen LogP contribution in [-0.4, -0.2) is 6.29 Å². The highest BCUT2D eigenvalue weighted by atomic mass is 127. The van der Waals surface area contributed by atoms with Crippen molar-refractivity contribution in [2.45, 2.75) is 0 Å². The van der Waals surface area contributed by atoms with E-state index in [9.17, 15) is 4.79 Å². The minimum Gasteiger partial charge on any atom is -0.285 e. The van der Waals surface area contributed by atoms with Gasteiger partial charge in [0.05, 0.1) is 0 Å². The molecule has 0 aliphatic rings. The summed E-state index contributed by atoms with van der Waals surface area (Å²) in [6.45, 7) is 0. The van der Waals surface area contributed by atoms with Crippen LogP contribution in [0.1, 0.15) is 5.56 Å². The molecule has 0 aromatic heterocycles. The number of hydrogen-bond acceptors (Lipinski definition) is 1. The van der Waals surface area contributed by atoms with Crippen molar-refractivity contribution in [3.63, 3.8) is 0 Å². The Bertz CT molecular complexity index is 260. The molecule has 0 atom stereocenters. The zero-order valence-corrected chi connectivity index (χ0v) is 8.64. The van der Waals surface area contributed by atoms with Gasteiger partial charge in [0, 0.05) is 13.6 Å². The second-order valence-electron chi connectivity index (χ2n) is 1.73. The molecule has 1 aromatic carbocycles. The molecule has 0 unspecified atom stereocenters. The molecule has 3 heteroatoms. The maximum absolute atomic E-state index is 10.2. The predicted octanol–water partition coefficient (Wildman–Crippen LogP) is 2.51. The largest absolute Gasteiger partial charge is 0.285 e. The Morgan fingerprint density at radius 1 is 1.50 bits per heavy atom. The van der Waals surface area contributed by atoms with Crippen molar-refractivity contribution >= 4 is 44.8 Å². The van der Waals surface area contributed by atoms with Crippen LogP contribution >= 0.6 is 38.5 Å². The number of halogens is 2. The molecule has 0 saturated heterocycles. The Morgan fingerprint density at radius 2 is 2.20 bits per heavy atom. The van der Waals surface area contributed by atoms with Crippen LogP contribution in [0.2, 0.25) is 0 Å².